The van der Waals surface area contributed by atoms with Gasteiger partial charge in [-0.15, -0.1) is 0 Å². The molecule has 0 fully saturated rings. The van der Waals surface area contributed by atoms with Crippen LogP contribution in [0.4, 0.5) is 5.69 Å². The highest BCUT2D eigenvalue weighted by atomic mass is 16.3. The summed E-state index contributed by atoms with van der Waals surface area (Å²) in [7, 11) is 0. The van der Waals surface area contributed by atoms with Gasteiger partial charge in [-0.05, 0) is 43.5 Å². The molecule has 4 heteroatoms. The van der Waals surface area contributed by atoms with Gasteiger partial charge in [0.1, 0.15) is 0 Å². The molecule has 2 unspecified atom stereocenters. The Bertz CT molecular complexity index is 455. The number of carbonyl (C=O) groups is 1. The molecule has 1 heterocycles. The zero-order valence-electron chi connectivity index (χ0n) is 11.6. The quantitative estimate of drug-likeness (QED) is 0.681. The Morgan fingerprint density at radius 2 is 2.32 bits per heavy atom. The molecule has 0 spiro atoms. The van der Waals surface area contributed by atoms with Gasteiger partial charge < -0.3 is 15.7 Å². The van der Waals surface area contributed by atoms with Crippen molar-refractivity contribution in [2.45, 2.75) is 38.8 Å². The maximum atomic E-state index is 12.3. The van der Waals surface area contributed by atoms with Gasteiger partial charge in [-0.1, -0.05) is 6.92 Å². The van der Waals surface area contributed by atoms with Crippen LogP contribution < -0.4 is 10.6 Å². The standard InChI is InChI=1S/C15H22N2O2/c1-3-13(9-18)17-10(2)15(19)12-4-5-14-11(8-12)6-7-16-14/h4-5,8,10,13,16-18H,3,6-7,9H2,1-2H3. The van der Waals surface area contributed by atoms with E-state index >= 15 is 0 Å². The third-order valence-corrected chi connectivity index (χ3v) is 3.69. The van der Waals surface area contributed by atoms with E-state index in [0.717, 1.165) is 30.6 Å². The molecule has 2 atom stereocenters. The number of nitrogens with one attached hydrogen (secondary N) is 2. The Morgan fingerprint density at radius 3 is 3.00 bits per heavy atom. The van der Waals surface area contributed by atoms with Gasteiger partial charge in [0, 0.05) is 23.8 Å². The largest absolute Gasteiger partial charge is 0.395 e. The number of fused-ring (bicyclic) bond motifs is 1. The number of anilines is 1. The molecular formula is C15H22N2O2. The summed E-state index contributed by atoms with van der Waals surface area (Å²) in [5.74, 6) is 0.0848. The highest BCUT2D eigenvalue weighted by Crippen LogP contribution is 2.23. The number of rotatable bonds is 6. The lowest BCUT2D eigenvalue weighted by Crippen LogP contribution is -2.43. The molecule has 2 rings (SSSR count). The van der Waals surface area contributed by atoms with Crippen molar-refractivity contribution in [2.75, 3.05) is 18.5 Å². The fraction of sp³-hybridized carbons (Fsp3) is 0.533. The van der Waals surface area contributed by atoms with Crippen molar-refractivity contribution in [3.05, 3.63) is 29.3 Å². The predicted molar refractivity (Wildman–Crippen MR) is 76.7 cm³/mol. The van der Waals surface area contributed by atoms with Crippen LogP contribution in [0.5, 0.6) is 0 Å². The molecule has 0 radical (unpaired) electrons. The van der Waals surface area contributed by atoms with Crippen molar-refractivity contribution >= 4 is 11.5 Å². The molecule has 1 aliphatic heterocycles. The third kappa shape index (κ3) is 3.14. The molecule has 0 aliphatic carbocycles. The molecule has 1 aliphatic rings. The van der Waals surface area contributed by atoms with Crippen LogP contribution in [-0.4, -0.2) is 36.1 Å². The normalized spacial score (nSPS) is 16.6. The average molecular weight is 262 g/mol. The molecule has 104 valence electrons. The Hall–Kier alpha value is -1.39. The van der Waals surface area contributed by atoms with Crippen LogP contribution >= 0.6 is 0 Å². The zero-order chi connectivity index (χ0) is 13.8. The monoisotopic (exact) mass is 262 g/mol. The van der Waals surface area contributed by atoms with E-state index < -0.39 is 0 Å². The minimum absolute atomic E-state index is 0.0185. The summed E-state index contributed by atoms with van der Waals surface area (Å²) in [6.45, 7) is 4.85. The first-order chi connectivity index (χ1) is 9.15. The molecule has 4 nitrogen and oxygen atoms in total. The lowest BCUT2D eigenvalue weighted by Gasteiger charge is -2.19. The van der Waals surface area contributed by atoms with Gasteiger partial charge in [-0.3, -0.25) is 4.79 Å². The topological polar surface area (TPSA) is 61.4 Å². The second-order valence-electron chi connectivity index (χ2n) is 5.09. The number of ketones is 1. The second-order valence-corrected chi connectivity index (χ2v) is 5.09. The molecule has 0 saturated heterocycles. The molecule has 19 heavy (non-hydrogen) atoms. The van der Waals surface area contributed by atoms with Gasteiger partial charge in [0.05, 0.1) is 12.6 Å². The van der Waals surface area contributed by atoms with E-state index in [-0.39, 0.29) is 24.5 Å². The molecule has 0 saturated carbocycles. The lowest BCUT2D eigenvalue weighted by molar-refractivity contribution is 0.0936. The van der Waals surface area contributed by atoms with Crippen LogP contribution in [0, 0.1) is 0 Å². The fourth-order valence-electron chi connectivity index (χ4n) is 2.44. The number of Topliss-reactive ketones (excluding diaryl/α,β-unsaturated/α-hetero) is 1. The predicted octanol–water partition coefficient (Wildman–Crippen LogP) is 1.59. The first-order valence-corrected chi connectivity index (χ1v) is 6.93. The number of benzene rings is 1. The Labute approximate surface area is 114 Å². The van der Waals surface area contributed by atoms with E-state index in [1.54, 1.807) is 0 Å². The summed E-state index contributed by atoms with van der Waals surface area (Å²) in [6.07, 6.45) is 1.79. The molecule has 0 amide bonds. The van der Waals surface area contributed by atoms with Crippen molar-refractivity contribution < 1.29 is 9.90 Å². The molecule has 0 aromatic heterocycles. The molecule has 1 aromatic rings. The summed E-state index contributed by atoms with van der Waals surface area (Å²) in [5.41, 5.74) is 3.10. The Morgan fingerprint density at radius 1 is 1.53 bits per heavy atom. The van der Waals surface area contributed by atoms with Crippen molar-refractivity contribution in [1.82, 2.24) is 5.32 Å². The van der Waals surface area contributed by atoms with Gasteiger partial charge >= 0.3 is 0 Å². The average Bonchev–Trinajstić information content (AvgIpc) is 2.90. The number of hydrogen-bond donors (Lipinski definition) is 3. The minimum atomic E-state index is -0.274. The van der Waals surface area contributed by atoms with E-state index in [1.165, 1.54) is 5.56 Å². The summed E-state index contributed by atoms with van der Waals surface area (Å²) in [4.78, 5) is 12.3. The van der Waals surface area contributed by atoms with Crippen LogP contribution in [0.3, 0.4) is 0 Å². The van der Waals surface area contributed by atoms with Crippen molar-refractivity contribution in [3.63, 3.8) is 0 Å². The van der Waals surface area contributed by atoms with Crippen molar-refractivity contribution in [2.24, 2.45) is 0 Å². The number of aliphatic hydroxyl groups is 1. The van der Waals surface area contributed by atoms with Crippen LogP contribution in [0.15, 0.2) is 18.2 Å². The minimum Gasteiger partial charge on any atom is -0.395 e. The Balaban J connectivity index is 2.06. The first kappa shape index (κ1) is 14.0. The maximum Gasteiger partial charge on any atom is 0.179 e. The number of hydrogen-bond acceptors (Lipinski definition) is 4. The summed E-state index contributed by atoms with van der Waals surface area (Å²) in [6, 6.07) is 5.54. The number of aliphatic hydroxyl groups excluding tert-OH is 1. The van der Waals surface area contributed by atoms with Crippen LogP contribution in [0.1, 0.15) is 36.2 Å². The SMILES string of the molecule is CCC(CO)NC(C)C(=O)c1ccc2c(c1)CCN2. The van der Waals surface area contributed by atoms with E-state index in [0.29, 0.717) is 0 Å². The lowest BCUT2D eigenvalue weighted by atomic mass is 10.0. The second kappa shape index (κ2) is 6.17. The zero-order valence-corrected chi connectivity index (χ0v) is 11.6. The van der Waals surface area contributed by atoms with Gasteiger partial charge in [-0.25, -0.2) is 0 Å². The van der Waals surface area contributed by atoms with E-state index in [2.05, 4.69) is 10.6 Å². The smallest absolute Gasteiger partial charge is 0.179 e. The summed E-state index contributed by atoms with van der Waals surface area (Å²) < 4.78 is 0. The van der Waals surface area contributed by atoms with Crippen molar-refractivity contribution in [1.29, 1.82) is 0 Å². The highest BCUT2D eigenvalue weighted by Gasteiger charge is 2.20. The van der Waals surface area contributed by atoms with Crippen molar-refractivity contribution in [3.8, 4) is 0 Å². The molecular weight excluding hydrogens is 240 g/mol. The fourth-order valence-corrected chi connectivity index (χ4v) is 2.44. The van der Waals surface area contributed by atoms with E-state index in [1.807, 2.05) is 32.0 Å². The van der Waals surface area contributed by atoms with Gasteiger partial charge in [-0.2, -0.15) is 0 Å². The van der Waals surface area contributed by atoms with Gasteiger partial charge in [0.2, 0.25) is 0 Å². The molecule has 3 N–H and O–H groups in total. The van der Waals surface area contributed by atoms with E-state index in [9.17, 15) is 9.90 Å². The van der Waals surface area contributed by atoms with Gasteiger partial charge in [0.25, 0.3) is 0 Å². The number of carbonyl (C=O) groups excluding carboxylic acids is 1. The van der Waals surface area contributed by atoms with E-state index in [4.69, 9.17) is 0 Å². The van der Waals surface area contributed by atoms with Crippen LogP contribution in [0.25, 0.3) is 0 Å². The molecule has 0 bridgehead atoms. The third-order valence-electron chi connectivity index (χ3n) is 3.69. The first-order valence-electron chi connectivity index (χ1n) is 6.93. The Kier molecular flexibility index (Phi) is 4.56. The van der Waals surface area contributed by atoms with Crippen LogP contribution in [-0.2, 0) is 6.42 Å². The maximum absolute atomic E-state index is 12.3. The summed E-state index contributed by atoms with van der Waals surface area (Å²) in [5, 5.41) is 15.6. The van der Waals surface area contributed by atoms with Crippen LogP contribution in [0.2, 0.25) is 0 Å². The molecule has 1 aromatic carbocycles. The highest BCUT2D eigenvalue weighted by molar-refractivity contribution is 6.00. The summed E-state index contributed by atoms with van der Waals surface area (Å²) >= 11 is 0. The van der Waals surface area contributed by atoms with Gasteiger partial charge in [0.15, 0.2) is 5.78 Å².